The Kier molecular flexibility index (Phi) is 4.80. The van der Waals surface area contributed by atoms with Gasteiger partial charge in [0.2, 0.25) is 5.91 Å². The van der Waals surface area contributed by atoms with Crippen LogP contribution >= 0.6 is 0 Å². The molecule has 0 aromatic heterocycles. The molecule has 22 heavy (non-hydrogen) atoms. The van der Waals surface area contributed by atoms with Crippen molar-refractivity contribution in [2.45, 2.75) is 39.7 Å². The second-order valence-corrected chi connectivity index (χ2v) is 8.21. The van der Waals surface area contributed by atoms with Crippen molar-refractivity contribution in [3.8, 4) is 5.75 Å². The van der Waals surface area contributed by atoms with Crippen molar-refractivity contribution in [2.24, 2.45) is 0 Å². The van der Waals surface area contributed by atoms with E-state index in [9.17, 15) is 13.2 Å². The first-order chi connectivity index (χ1) is 10.2. The summed E-state index contributed by atoms with van der Waals surface area (Å²) < 4.78 is 28.2. The maximum atomic E-state index is 12.2. The first-order valence-electron chi connectivity index (χ1n) is 7.37. The number of sulfone groups is 1. The summed E-state index contributed by atoms with van der Waals surface area (Å²) in [6, 6.07) is 1.71. The van der Waals surface area contributed by atoms with Crippen molar-refractivity contribution < 1.29 is 17.9 Å². The summed E-state index contributed by atoms with van der Waals surface area (Å²) in [7, 11) is -1.34. The molecule has 2 rings (SSSR count). The summed E-state index contributed by atoms with van der Waals surface area (Å²) in [5, 5.41) is 2.83. The van der Waals surface area contributed by atoms with E-state index in [1.807, 2.05) is 26.8 Å². The minimum absolute atomic E-state index is 0.0540. The summed E-state index contributed by atoms with van der Waals surface area (Å²) >= 11 is 0. The van der Waals surface area contributed by atoms with Gasteiger partial charge in [0.05, 0.1) is 25.0 Å². The van der Waals surface area contributed by atoms with E-state index in [-0.39, 0.29) is 29.9 Å². The van der Waals surface area contributed by atoms with Crippen LogP contribution in [0.15, 0.2) is 6.07 Å². The molecule has 1 heterocycles. The monoisotopic (exact) mass is 325 g/mol. The van der Waals surface area contributed by atoms with Gasteiger partial charge >= 0.3 is 0 Å². The standard InChI is InChI=1S/C16H23NO4S/c1-10-7-13(11(2)12(3)16(10)21-4)8-15(18)17-14-5-6-22(19,20)9-14/h7,14H,5-6,8-9H2,1-4H3,(H,17,18). The highest BCUT2D eigenvalue weighted by atomic mass is 32.2. The predicted octanol–water partition coefficient (Wildman–Crippen LogP) is 1.47. The van der Waals surface area contributed by atoms with E-state index in [1.54, 1.807) is 7.11 Å². The second-order valence-electron chi connectivity index (χ2n) is 5.98. The van der Waals surface area contributed by atoms with Gasteiger partial charge in [0.25, 0.3) is 0 Å². The number of methoxy groups -OCH3 is 1. The van der Waals surface area contributed by atoms with Crippen LogP contribution < -0.4 is 10.1 Å². The molecule has 1 aliphatic heterocycles. The third-order valence-electron chi connectivity index (χ3n) is 4.29. The molecule has 0 saturated carbocycles. The molecule has 1 aromatic rings. The maximum absolute atomic E-state index is 12.2. The predicted molar refractivity (Wildman–Crippen MR) is 86.1 cm³/mol. The summed E-state index contributed by atoms with van der Waals surface area (Å²) in [5.41, 5.74) is 4.02. The van der Waals surface area contributed by atoms with Gasteiger partial charge < -0.3 is 10.1 Å². The van der Waals surface area contributed by atoms with Crippen molar-refractivity contribution in [2.75, 3.05) is 18.6 Å². The Morgan fingerprint density at radius 2 is 2.00 bits per heavy atom. The number of carbonyl (C=O) groups excluding carboxylic acids is 1. The average molecular weight is 325 g/mol. The van der Waals surface area contributed by atoms with Gasteiger partial charge in [0, 0.05) is 6.04 Å². The van der Waals surface area contributed by atoms with Crippen LogP contribution in [0.3, 0.4) is 0 Å². The highest BCUT2D eigenvalue weighted by Gasteiger charge is 2.29. The van der Waals surface area contributed by atoms with E-state index in [4.69, 9.17) is 4.74 Å². The van der Waals surface area contributed by atoms with E-state index in [2.05, 4.69) is 5.32 Å². The van der Waals surface area contributed by atoms with E-state index in [0.717, 1.165) is 28.0 Å². The Balaban J connectivity index is 2.09. The Labute approximate surface area is 132 Å². The number of aryl methyl sites for hydroxylation is 1. The summed E-state index contributed by atoms with van der Waals surface area (Å²) in [5.74, 6) is 0.938. The molecule has 0 bridgehead atoms. The van der Waals surface area contributed by atoms with Gasteiger partial charge in [-0.05, 0) is 49.4 Å². The Morgan fingerprint density at radius 1 is 1.32 bits per heavy atom. The molecule has 0 spiro atoms. The van der Waals surface area contributed by atoms with Crippen molar-refractivity contribution in [1.82, 2.24) is 5.32 Å². The lowest BCUT2D eigenvalue weighted by Gasteiger charge is -2.16. The second kappa shape index (κ2) is 6.28. The van der Waals surface area contributed by atoms with Crippen molar-refractivity contribution in [3.05, 3.63) is 28.3 Å². The lowest BCUT2D eigenvalue weighted by molar-refractivity contribution is -0.121. The molecule has 1 N–H and O–H groups in total. The maximum Gasteiger partial charge on any atom is 0.224 e. The molecule has 1 fully saturated rings. The zero-order chi connectivity index (χ0) is 16.5. The van der Waals surface area contributed by atoms with E-state index in [1.165, 1.54) is 0 Å². The lowest BCUT2D eigenvalue weighted by atomic mass is 9.96. The SMILES string of the molecule is COc1c(C)cc(CC(=O)NC2CCS(=O)(=O)C2)c(C)c1C. The molecular weight excluding hydrogens is 302 g/mol. The van der Waals surface area contributed by atoms with Gasteiger partial charge in [-0.25, -0.2) is 8.42 Å². The third kappa shape index (κ3) is 3.61. The summed E-state index contributed by atoms with van der Waals surface area (Å²) in [4.78, 5) is 12.2. The minimum atomic E-state index is -2.98. The van der Waals surface area contributed by atoms with Gasteiger partial charge in [-0.2, -0.15) is 0 Å². The number of ether oxygens (including phenoxy) is 1. The van der Waals surface area contributed by atoms with Crippen LogP contribution in [0.4, 0.5) is 0 Å². The number of rotatable bonds is 4. The minimum Gasteiger partial charge on any atom is -0.496 e. The smallest absolute Gasteiger partial charge is 0.224 e. The zero-order valence-corrected chi connectivity index (χ0v) is 14.3. The topological polar surface area (TPSA) is 72.5 Å². The molecule has 1 amide bonds. The number of nitrogens with one attached hydrogen (secondary N) is 1. The Hall–Kier alpha value is -1.56. The molecular formula is C16H23NO4S. The number of hydrogen-bond acceptors (Lipinski definition) is 4. The Morgan fingerprint density at radius 3 is 2.55 bits per heavy atom. The van der Waals surface area contributed by atoms with E-state index >= 15 is 0 Å². The lowest BCUT2D eigenvalue weighted by Crippen LogP contribution is -2.36. The number of hydrogen-bond donors (Lipinski definition) is 1. The average Bonchev–Trinajstić information content (AvgIpc) is 2.75. The number of carbonyl (C=O) groups is 1. The molecule has 1 unspecified atom stereocenters. The molecule has 1 atom stereocenters. The Bertz CT molecular complexity index is 695. The number of benzene rings is 1. The fourth-order valence-corrected chi connectivity index (χ4v) is 4.67. The van der Waals surface area contributed by atoms with Gasteiger partial charge in [-0.1, -0.05) is 6.07 Å². The van der Waals surface area contributed by atoms with Crippen LogP contribution in [0.1, 0.15) is 28.7 Å². The van der Waals surface area contributed by atoms with Gasteiger partial charge in [-0.3, -0.25) is 4.79 Å². The van der Waals surface area contributed by atoms with Crippen LogP contribution in [-0.4, -0.2) is 39.0 Å². The summed E-state index contributed by atoms with van der Waals surface area (Å²) in [6.07, 6.45) is 0.766. The van der Waals surface area contributed by atoms with Gasteiger partial charge in [-0.15, -0.1) is 0 Å². The first kappa shape index (κ1) is 16.8. The van der Waals surface area contributed by atoms with E-state index in [0.29, 0.717) is 6.42 Å². The van der Waals surface area contributed by atoms with Crippen LogP contribution in [0.25, 0.3) is 0 Å². The van der Waals surface area contributed by atoms with Gasteiger partial charge in [0.1, 0.15) is 5.75 Å². The molecule has 1 aromatic carbocycles. The van der Waals surface area contributed by atoms with Crippen LogP contribution in [0.5, 0.6) is 5.75 Å². The molecule has 5 nitrogen and oxygen atoms in total. The van der Waals surface area contributed by atoms with Crippen LogP contribution in [0.2, 0.25) is 0 Å². The summed E-state index contributed by atoms with van der Waals surface area (Å²) in [6.45, 7) is 5.91. The quantitative estimate of drug-likeness (QED) is 0.910. The van der Waals surface area contributed by atoms with E-state index < -0.39 is 9.84 Å². The van der Waals surface area contributed by atoms with Crippen LogP contribution in [-0.2, 0) is 21.1 Å². The van der Waals surface area contributed by atoms with Crippen molar-refractivity contribution in [3.63, 3.8) is 0 Å². The fourth-order valence-electron chi connectivity index (χ4n) is 3.00. The molecule has 1 aliphatic rings. The van der Waals surface area contributed by atoms with Crippen molar-refractivity contribution >= 4 is 15.7 Å². The number of amides is 1. The van der Waals surface area contributed by atoms with Crippen LogP contribution in [0, 0.1) is 20.8 Å². The molecule has 6 heteroatoms. The molecule has 0 aliphatic carbocycles. The highest BCUT2D eigenvalue weighted by molar-refractivity contribution is 7.91. The van der Waals surface area contributed by atoms with Crippen molar-refractivity contribution in [1.29, 1.82) is 0 Å². The normalized spacial score (nSPS) is 19.9. The first-order valence-corrected chi connectivity index (χ1v) is 9.19. The molecule has 1 saturated heterocycles. The zero-order valence-electron chi connectivity index (χ0n) is 13.5. The largest absolute Gasteiger partial charge is 0.496 e. The van der Waals surface area contributed by atoms with Gasteiger partial charge in [0.15, 0.2) is 9.84 Å². The fraction of sp³-hybridized carbons (Fsp3) is 0.562. The highest BCUT2D eigenvalue weighted by Crippen LogP contribution is 2.28. The third-order valence-corrected chi connectivity index (χ3v) is 6.05. The molecule has 122 valence electrons. The molecule has 0 radical (unpaired) electrons.